The fourth-order valence-electron chi connectivity index (χ4n) is 8.91. The third kappa shape index (κ3) is 10.6. The van der Waals surface area contributed by atoms with Crippen LogP contribution in [0, 0.1) is 0 Å². The summed E-state index contributed by atoms with van der Waals surface area (Å²) >= 11 is 0. The summed E-state index contributed by atoms with van der Waals surface area (Å²) in [6.07, 6.45) is 1.78. The van der Waals surface area contributed by atoms with Crippen LogP contribution in [0.15, 0.2) is 91.0 Å². The van der Waals surface area contributed by atoms with Crippen molar-refractivity contribution in [1.82, 2.24) is 20.9 Å². The Morgan fingerprint density at radius 3 is 1.20 bits per heavy atom. The first kappa shape index (κ1) is 44.0. The highest BCUT2D eigenvalue weighted by Crippen LogP contribution is 2.35. The number of benzene rings is 3. The van der Waals surface area contributed by atoms with Crippen LogP contribution in [0.1, 0.15) is 93.7 Å². The number of nitrogens with zero attached hydrogens (tertiary/aromatic N) is 1. The number of esters is 2. The van der Waals surface area contributed by atoms with Gasteiger partial charge in [0.1, 0.15) is 22.7 Å². The highest BCUT2D eigenvalue weighted by molar-refractivity contribution is 5.96. The number of aliphatic hydroxyl groups excluding tert-OH is 1. The zero-order valence-electron chi connectivity index (χ0n) is 34.7. The smallest absolute Gasteiger partial charge is 0.332 e. The molecular weight excluding hydrogens is 765 g/mol. The summed E-state index contributed by atoms with van der Waals surface area (Å²) in [7, 11) is 3.29. The molecule has 3 aliphatic rings. The van der Waals surface area contributed by atoms with Crippen LogP contribution in [-0.4, -0.2) is 94.6 Å². The third-order valence-electron chi connectivity index (χ3n) is 12.2. The van der Waals surface area contributed by atoms with Gasteiger partial charge in [-0.1, -0.05) is 130 Å². The predicted octanol–water partition coefficient (Wildman–Crippen LogP) is 4.27. The molecule has 13 heteroatoms. The molecule has 3 saturated carbocycles. The van der Waals surface area contributed by atoms with Crippen molar-refractivity contribution in [2.75, 3.05) is 14.1 Å². The molecule has 4 amide bonds. The van der Waals surface area contributed by atoms with E-state index in [2.05, 4.69) is 16.0 Å². The second kappa shape index (κ2) is 19.7. The van der Waals surface area contributed by atoms with E-state index >= 15 is 0 Å². The molecule has 0 aliphatic heterocycles. The number of carbonyl (C=O) groups excluding carboxylic acids is 6. The maximum absolute atomic E-state index is 14.5. The maximum atomic E-state index is 14.5. The number of carbonyl (C=O) groups is 6. The first-order chi connectivity index (χ1) is 28.8. The van der Waals surface area contributed by atoms with Crippen molar-refractivity contribution in [3.05, 3.63) is 108 Å². The van der Waals surface area contributed by atoms with Crippen LogP contribution in [0.25, 0.3) is 0 Å². The number of nitrogens with one attached hydrogen (secondary N) is 3. The first-order valence-corrected chi connectivity index (χ1v) is 21.2. The second-order valence-corrected chi connectivity index (χ2v) is 16.9. The molecule has 3 aliphatic carbocycles. The summed E-state index contributed by atoms with van der Waals surface area (Å²) in [6, 6.07) is 27.2. The van der Waals surface area contributed by atoms with E-state index in [1.807, 2.05) is 54.6 Å². The molecule has 6 rings (SSSR count). The van der Waals surface area contributed by atoms with E-state index in [1.54, 1.807) is 50.5 Å². The van der Waals surface area contributed by atoms with Gasteiger partial charge >= 0.3 is 11.9 Å². The fraction of sp³-hybridized carbons (Fsp3) is 0.489. The Kier molecular flexibility index (Phi) is 14.4. The molecule has 60 heavy (non-hydrogen) atoms. The molecule has 0 spiro atoms. The Hall–Kier alpha value is -5.56. The molecule has 0 heterocycles. The van der Waals surface area contributed by atoms with E-state index < -0.39 is 64.6 Å². The Morgan fingerprint density at radius 1 is 0.517 bits per heavy atom. The average Bonchev–Trinajstić information content (AvgIpc) is 4.04. The molecule has 320 valence electrons. The van der Waals surface area contributed by atoms with Gasteiger partial charge in [-0.15, -0.1) is 0 Å². The number of rotatable bonds is 17. The number of hydrogen-bond donors (Lipinski definition) is 4. The summed E-state index contributed by atoms with van der Waals surface area (Å²) < 4.78 is 12.2. The largest absolute Gasteiger partial charge is 0.450 e. The van der Waals surface area contributed by atoms with Crippen molar-refractivity contribution < 1.29 is 43.3 Å². The highest BCUT2D eigenvalue weighted by atomic mass is 16.6. The van der Waals surface area contributed by atoms with Crippen LogP contribution in [0.5, 0.6) is 0 Å². The summed E-state index contributed by atoms with van der Waals surface area (Å²) in [5.74, 6) is -3.85. The van der Waals surface area contributed by atoms with Gasteiger partial charge in [0.15, 0.2) is 12.2 Å². The van der Waals surface area contributed by atoms with E-state index in [0.717, 1.165) is 24.0 Å². The molecule has 0 unspecified atom stereocenters. The zero-order valence-corrected chi connectivity index (χ0v) is 34.7. The van der Waals surface area contributed by atoms with Gasteiger partial charge in [-0.3, -0.25) is 19.2 Å². The molecule has 4 N–H and O–H groups in total. The Balaban J connectivity index is 1.22. The van der Waals surface area contributed by atoms with E-state index in [4.69, 9.17) is 9.47 Å². The van der Waals surface area contributed by atoms with Crippen molar-refractivity contribution in [1.29, 1.82) is 0 Å². The van der Waals surface area contributed by atoms with Crippen molar-refractivity contribution in [3.8, 4) is 0 Å². The minimum atomic E-state index is -1.53. The van der Waals surface area contributed by atoms with E-state index in [1.165, 1.54) is 4.90 Å². The Bertz CT molecular complexity index is 1960. The Morgan fingerprint density at radius 2 is 0.833 bits per heavy atom. The number of likely N-dealkylation sites (N-methyl/N-ethyl adjacent to an activating group) is 1. The highest BCUT2D eigenvalue weighted by Gasteiger charge is 2.50. The third-order valence-corrected chi connectivity index (χ3v) is 12.2. The molecule has 0 saturated heterocycles. The zero-order chi connectivity index (χ0) is 42.8. The minimum Gasteiger partial charge on any atom is -0.450 e. The van der Waals surface area contributed by atoms with Crippen LogP contribution in [0.2, 0.25) is 0 Å². The number of amides is 4. The van der Waals surface area contributed by atoms with Crippen LogP contribution in [0.4, 0.5) is 0 Å². The van der Waals surface area contributed by atoms with E-state index in [0.29, 0.717) is 44.1 Å². The van der Waals surface area contributed by atoms with Gasteiger partial charge in [0, 0.05) is 33.4 Å². The van der Waals surface area contributed by atoms with Crippen LogP contribution in [-0.2, 0) is 57.5 Å². The number of hydrogen-bond acceptors (Lipinski definition) is 9. The molecule has 0 bridgehead atoms. The van der Waals surface area contributed by atoms with Crippen molar-refractivity contribution >= 4 is 35.6 Å². The monoisotopic (exact) mass is 822 g/mol. The van der Waals surface area contributed by atoms with E-state index in [9.17, 15) is 33.9 Å². The van der Waals surface area contributed by atoms with Crippen LogP contribution < -0.4 is 16.0 Å². The van der Waals surface area contributed by atoms with Gasteiger partial charge in [0.2, 0.25) is 11.8 Å². The lowest BCUT2D eigenvalue weighted by Crippen LogP contribution is -2.61. The molecule has 3 aromatic carbocycles. The lowest BCUT2D eigenvalue weighted by molar-refractivity contribution is -0.168. The molecule has 3 fully saturated rings. The summed E-state index contributed by atoms with van der Waals surface area (Å²) in [5.41, 5.74) is -1.92. The maximum Gasteiger partial charge on any atom is 0.332 e. The summed E-state index contributed by atoms with van der Waals surface area (Å²) in [5, 5.41) is 19.5. The summed E-state index contributed by atoms with van der Waals surface area (Å²) in [4.78, 5) is 85.6. The minimum absolute atomic E-state index is 0.0226. The van der Waals surface area contributed by atoms with Gasteiger partial charge in [-0.05, 0) is 55.2 Å². The molecule has 13 nitrogen and oxygen atoms in total. The molecule has 3 atom stereocenters. The number of ether oxygens (including phenoxy) is 2. The van der Waals surface area contributed by atoms with Crippen molar-refractivity contribution in [3.63, 3.8) is 0 Å². The number of aliphatic hydroxyl groups is 1. The molecule has 0 aromatic heterocycles. The van der Waals surface area contributed by atoms with Gasteiger partial charge < -0.3 is 35.4 Å². The molecule has 3 aromatic rings. The normalized spacial score (nSPS) is 18.9. The predicted molar refractivity (Wildman–Crippen MR) is 223 cm³/mol. The molecular formula is C47H58N4O9. The lowest BCUT2D eigenvalue weighted by Gasteiger charge is -2.35. The first-order valence-electron chi connectivity index (χ1n) is 21.2. The second-order valence-electron chi connectivity index (χ2n) is 16.9. The fourth-order valence-corrected chi connectivity index (χ4v) is 8.91. The Labute approximate surface area is 352 Å². The van der Waals surface area contributed by atoms with Crippen LogP contribution >= 0.6 is 0 Å². The average molecular weight is 823 g/mol. The SMILES string of the molecule is CN(C)C(=O)C1(NC(=O)[C@H](Cc2ccccc2)OC(=O)C2(NC(=O)[C@H](Cc3ccccc3)OC(=O)C3(NC(=O)[C@@H](O)Cc4ccccc4)CCCC3)CCCC2)CCCC1. The quantitative estimate of drug-likeness (QED) is 0.145. The topological polar surface area (TPSA) is 180 Å². The van der Waals surface area contributed by atoms with Crippen molar-refractivity contribution in [2.45, 2.75) is 131 Å². The standard InChI is InChI=1S/C47H58N4O9/c1-51(2)42(56)45(24-12-13-25-45)49-40(54)37(31-34-20-8-4-9-21-34)59-44(58)47(28-16-17-29-47)50-41(55)38(32-35-22-10-5-11-23-35)60-43(57)46(26-14-15-27-46)48-39(53)36(52)30-33-18-6-3-7-19-33/h3-11,18-23,36-38,52H,12-17,24-32H2,1-2H3,(H,48,53)(H,49,54)(H,50,55)/t36-,37-,38-/m0/s1. The van der Waals surface area contributed by atoms with Gasteiger partial charge in [-0.25, -0.2) is 9.59 Å². The van der Waals surface area contributed by atoms with Crippen LogP contribution in [0.3, 0.4) is 0 Å². The lowest BCUT2D eigenvalue weighted by atomic mass is 9.94. The van der Waals surface area contributed by atoms with Gasteiger partial charge in [0.25, 0.3) is 11.8 Å². The molecule has 0 radical (unpaired) electrons. The summed E-state index contributed by atoms with van der Waals surface area (Å²) in [6.45, 7) is 0. The van der Waals surface area contributed by atoms with Gasteiger partial charge in [-0.2, -0.15) is 0 Å². The van der Waals surface area contributed by atoms with E-state index in [-0.39, 0.29) is 50.9 Å². The van der Waals surface area contributed by atoms with Crippen molar-refractivity contribution in [2.24, 2.45) is 0 Å². The van der Waals surface area contributed by atoms with Gasteiger partial charge in [0.05, 0.1) is 0 Å².